The van der Waals surface area contributed by atoms with Gasteiger partial charge >= 0.3 is 0 Å². The molecule has 0 aliphatic rings. The maximum Gasteiger partial charge on any atom is 0.264 e. The van der Waals surface area contributed by atoms with Crippen molar-refractivity contribution in [1.82, 2.24) is 10.2 Å². The number of methoxy groups -OCH3 is 1. The SMILES string of the molecule is CC[C@H](C(=O)NCC(C)C)N(Cc1ccc(C)cc1)C(=O)CN(c1ccc(OC)cc1)S(=O)(=O)c1ccc(C)cc1. The zero-order valence-corrected chi connectivity index (χ0v) is 25.6. The molecule has 8 nitrogen and oxygen atoms in total. The number of carbonyl (C=O) groups excluding carboxylic acids is 2. The number of ether oxygens (including phenoxy) is 1. The Balaban J connectivity index is 2.04. The van der Waals surface area contributed by atoms with Gasteiger partial charge in [0.05, 0.1) is 17.7 Å². The molecule has 3 rings (SSSR count). The number of benzene rings is 3. The fourth-order valence-corrected chi connectivity index (χ4v) is 5.76. The number of hydrogen-bond donors (Lipinski definition) is 1. The minimum atomic E-state index is -4.13. The van der Waals surface area contributed by atoms with E-state index in [1.165, 1.54) is 24.1 Å². The van der Waals surface area contributed by atoms with E-state index in [1.807, 2.05) is 58.9 Å². The summed E-state index contributed by atoms with van der Waals surface area (Å²) in [5, 5.41) is 2.94. The van der Waals surface area contributed by atoms with Gasteiger partial charge in [0.2, 0.25) is 11.8 Å². The van der Waals surface area contributed by atoms with E-state index in [1.54, 1.807) is 36.4 Å². The van der Waals surface area contributed by atoms with E-state index in [9.17, 15) is 18.0 Å². The summed E-state index contributed by atoms with van der Waals surface area (Å²) in [4.78, 5) is 29.0. The van der Waals surface area contributed by atoms with Crippen molar-refractivity contribution in [3.63, 3.8) is 0 Å². The summed E-state index contributed by atoms with van der Waals surface area (Å²) in [7, 11) is -2.60. The Labute approximate surface area is 244 Å². The maximum absolute atomic E-state index is 14.1. The van der Waals surface area contributed by atoms with Crippen molar-refractivity contribution in [2.75, 3.05) is 24.5 Å². The van der Waals surface area contributed by atoms with E-state index in [-0.39, 0.29) is 23.3 Å². The predicted molar refractivity (Wildman–Crippen MR) is 162 cm³/mol. The summed E-state index contributed by atoms with van der Waals surface area (Å²) < 4.78 is 34.2. The van der Waals surface area contributed by atoms with Crippen LogP contribution in [0.4, 0.5) is 5.69 Å². The highest BCUT2D eigenvalue weighted by Crippen LogP contribution is 2.27. The zero-order chi connectivity index (χ0) is 30.2. The molecule has 3 aromatic rings. The van der Waals surface area contributed by atoms with Crippen LogP contribution >= 0.6 is 0 Å². The fraction of sp³-hybridized carbons (Fsp3) is 0.375. The lowest BCUT2D eigenvalue weighted by molar-refractivity contribution is -0.140. The van der Waals surface area contributed by atoms with Crippen LogP contribution in [0, 0.1) is 19.8 Å². The third-order valence-electron chi connectivity index (χ3n) is 6.79. The molecule has 9 heteroatoms. The number of amides is 2. The molecule has 1 N–H and O–H groups in total. The lowest BCUT2D eigenvalue weighted by atomic mass is 10.1. The monoisotopic (exact) mass is 579 g/mol. The van der Waals surface area contributed by atoms with Gasteiger partial charge in [-0.1, -0.05) is 68.3 Å². The van der Waals surface area contributed by atoms with E-state index in [4.69, 9.17) is 4.74 Å². The summed E-state index contributed by atoms with van der Waals surface area (Å²) in [6.07, 6.45) is 0.370. The number of hydrogen-bond acceptors (Lipinski definition) is 5. The van der Waals surface area contributed by atoms with Gasteiger partial charge < -0.3 is 15.0 Å². The predicted octanol–water partition coefficient (Wildman–Crippen LogP) is 5.09. The number of nitrogens with zero attached hydrogens (tertiary/aromatic N) is 2. The van der Waals surface area contributed by atoms with Crippen LogP contribution in [0.1, 0.15) is 43.9 Å². The lowest BCUT2D eigenvalue weighted by Crippen LogP contribution is -2.52. The molecule has 0 aliphatic heterocycles. The molecule has 0 saturated heterocycles. The Bertz CT molecular complexity index is 1400. The quantitative estimate of drug-likeness (QED) is 0.305. The van der Waals surface area contributed by atoms with Crippen molar-refractivity contribution in [3.8, 4) is 5.75 Å². The Morgan fingerprint density at radius 1 is 0.878 bits per heavy atom. The van der Waals surface area contributed by atoms with E-state index >= 15 is 0 Å². The summed E-state index contributed by atoms with van der Waals surface area (Å²) in [6, 6.07) is 20.0. The Morgan fingerprint density at radius 2 is 1.44 bits per heavy atom. The van der Waals surface area contributed by atoms with Gasteiger partial charge in [0, 0.05) is 13.1 Å². The molecule has 2 amide bonds. The smallest absolute Gasteiger partial charge is 0.264 e. The Morgan fingerprint density at radius 3 is 1.95 bits per heavy atom. The topological polar surface area (TPSA) is 96.0 Å². The molecule has 0 aromatic heterocycles. The second-order valence-corrected chi connectivity index (χ2v) is 12.5. The van der Waals surface area contributed by atoms with Crippen LogP contribution in [0.5, 0.6) is 5.75 Å². The first-order valence-electron chi connectivity index (χ1n) is 13.8. The minimum Gasteiger partial charge on any atom is -0.497 e. The molecule has 0 aliphatic carbocycles. The van der Waals surface area contributed by atoms with Crippen LogP contribution in [-0.4, -0.2) is 51.4 Å². The van der Waals surface area contributed by atoms with Crippen molar-refractivity contribution in [2.24, 2.45) is 5.92 Å². The van der Waals surface area contributed by atoms with Gasteiger partial charge in [-0.2, -0.15) is 0 Å². The molecule has 1 atom stereocenters. The van der Waals surface area contributed by atoms with Gasteiger partial charge in [-0.05, 0) is 68.1 Å². The average Bonchev–Trinajstić information content (AvgIpc) is 2.95. The Kier molecular flexibility index (Phi) is 10.9. The van der Waals surface area contributed by atoms with Gasteiger partial charge in [-0.15, -0.1) is 0 Å². The van der Waals surface area contributed by atoms with Gasteiger partial charge in [-0.3, -0.25) is 13.9 Å². The Hall–Kier alpha value is -3.85. The van der Waals surface area contributed by atoms with Crippen LogP contribution < -0.4 is 14.4 Å². The van der Waals surface area contributed by atoms with Crippen molar-refractivity contribution in [3.05, 3.63) is 89.5 Å². The molecule has 0 bridgehead atoms. The number of rotatable bonds is 13. The molecular weight excluding hydrogens is 538 g/mol. The van der Waals surface area contributed by atoms with Gasteiger partial charge in [-0.25, -0.2) is 8.42 Å². The highest BCUT2D eigenvalue weighted by Gasteiger charge is 2.33. The number of nitrogens with one attached hydrogen (secondary N) is 1. The third-order valence-corrected chi connectivity index (χ3v) is 8.58. The van der Waals surface area contributed by atoms with E-state index in [0.717, 1.165) is 21.0 Å². The first-order chi connectivity index (χ1) is 19.5. The number of sulfonamides is 1. The molecule has 0 unspecified atom stereocenters. The minimum absolute atomic E-state index is 0.0681. The summed E-state index contributed by atoms with van der Waals surface area (Å²) in [5.74, 6) is 0.0484. The summed E-state index contributed by atoms with van der Waals surface area (Å²) >= 11 is 0. The van der Waals surface area contributed by atoms with Crippen LogP contribution in [0.15, 0.2) is 77.7 Å². The van der Waals surface area contributed by atoms with E-state index < -0.39 is 28.5 Å². The molecule has 220 valence electrons. The van der Waals surface area contributed by atoms with Crippen LogP contribution in [-0.2, 0) is 26.2 Å². The van der Waals surface area contributed by atoms with Gasteiger partial charge in [0.25, 0.3) is 10.0 Å². The highest BCUT2D eigenvalue weighted by atomic mass is 32.2. The van der Waals surface area contributed by atoms with E-state index in [2.05, 4.69) is 5.32 Å². The standard InChI is InChI=1S/C32H41N3O5S/c1-7-30(32(37)33-20-23(2)3)34(21-26-12-8-24(4)9-13-26)31(36)22-35(27-14-16-28(40-6)17-15-27)41(38,39)29-18-10-25(5)11-19-29/h8-19,23,30H,7,20-22H2,1-6H3,(H,33,37)/t30-/m1/s1. The summed E-state index contributed by atoms with van der Waals surface area (Å²) in [5.41, 5.74) is 3.14. The molecule has 0 fully saturated rings. The lowest BCUT2D eigenvalue weighted by Gasteiger charge is -2.33. The van der Waals surface area contributed by atoms with E-state index in [0.29, 0.717) is 24.4 Å². The average molecular weight is 580 g/mol. The molecular formula is C32H41N3O5S. The maximum atomic E-state index is 14.1. The van der Waals surface area contributed by atoms with Crippen molar-refractivity contribution < 1.29 is 22.7 Å². The summed E-state index contributed by atoms with van der Waals surface area (Å²) in [6.45, 7) is 9.85. The zero-order valence-electron chi connectivity index (χ0n) is 24.8. The van der Waals surface area contributed by atoms with Gasteiger partial charge in [0.1, 0.15) is 18.3 Å². The molecule has 0 spiro atoms. The molecule has 0 heterocycles. The first-order valence-corrected chi connectivity index (χ1v) is 15.3. The first kappa shape index (κ1) is 31.7. The number of carbonyl (C=O) groups is 2. The second kappa shape index (κ2) is 14.2. The molecule has 3 aromatic carbocycles. The van der Waals surface area contributed by atoms with Crippen LogP contribution in [0.25, 0.3) is 0 Å². The highest BCUT2D eigenvalue weighted by molar-refractivity contribution is 7.92. The van der Waals surface area contributed by atoms with Crippen LogP contribution in [0.3, 0.4) is 0 Å². The number of anilines is 1. The molecule has 0 radical (unpaired) electrons. The number of aryl methyl sites for hydroxylation is 2. The third kappa shape index (κ3) is 8.33. The largest absolute Gasteiger partial charge is 0.497 e. The van der Waals surface area contributed by atoms with Gasteiger partial charge in [0.15, 0.2) is 0 Å². The normalized spacial score (nSPS) is 12.1. The second-order valence-electron chi connectivity index (χ2n) is 10.6. The molecule has 0 saturated carbocycles. The fourth-order valence-electron chi connectivity index (χ4n) is 4.35. The molecule has 41 heavy (non-hydrogen) atoms. The van der Waals surface area contributed by atoms with Crippen molar-refractivity contribution in [1.29, 1.82) is 0 Å². The van der Waals surface area contributed by atoms with Crippen LogP contribution in [0.2, 0.25) is 0 Å². The van der Waals surface area contributed by atoms with Crippen molar-refractivity contribution >= 4 is 27.5 Å². The van der Waals surface area contributed by atoms with Crippen molar-refractivity contribution in [2.45, 2.75) is 58.5 Å².